The van der Waals surface area contributed by atoms with Gasteiger partial charge in [-0.25, -0.2) is 4.79 Å². The highest BCUT2D eigenvalue weighted by molar-refractivity contribution is 5.44. The second-order valence-corrected chi connectivity index (χ2v) is 7.54. The number of aromatic amines is 1. The fourth-order valence-electron chi connectivity index (χ4n) is 4.33. The molecular formula is C20H27N4O3+. The van der Waals surface area contributed by atoms with Crippen molar-refractivity contribution in [3.05, 3.63) is 56.2 Å². The minimum Gasteiger partial charge on any atom is -0.497 e. The van der Waals surface area contributed by atoms with Gasteiger partial charge in [0.1, 0.15) is 23.7 Å². The number of nitrogens with one attached hydrogen (secondary N) is 3. The van der Waals surface area contributed by atoms with Crippen LogP contribution in [0.15, 0.2) is 33.9 Å². The van der Waals surface area contributed by atoms with Gasteiger partial charge in [0.25, 0.3) is 5.56 Å². The van der Waals surface area contributed by atoms with Crippen LogP contribution in [0.1, 0.15) is 43.2 Å². The highest BCUT2D eigenvalue weighted by Gasteiger charge is 2.31. The number of hydrogen-bond acceptors (Lipinski definition) is 4. The van der Waals surface area contributed by atoms with Crippen molar-refractivity contribution >= 4 is 5.82 Å². The molecule has 2 aromatic rings. The highest BCUT2D eigenvalue weighted by Crippen LogP contribution is 2.19. The fraction of sp³-hybridized carbons (Fsp3) is 0.500. The lowest BCUT2D eigenvalue weighted by molar-refractivity contribution is -0.938. The molecular weight excluding hydrogens is 344 g/mol. The molecule has 2 aliphatic rings. The average Bonchev–Trinajstić information content (AvgIpc) is 2.72. The molecule has 2 heterocycles. The average molecular weight is 371 g/mol. The third kappa shape index (κ3) is 3.64. The van der Waals surface area contributed by atoms with Gasteiger partial charge in [-0.2, -0.15) is 0 Å². The SMILES string of the molecule is COc1ccc(Cn2c3c(c(=O)[nH]c2=O)C[NH+](C2CCCCC2)CN3)cc1. The van der Waals surface area contributed by atoms with Gasteiger partial charge in [-0.3, -0.25) is 14.3 Å². The molecule has 0 amide bonds. The van der Waals surface area contributed by atoms with Crippen LogP contribution in [-0.4, -0.2) is 29.4 Å². The number of aromatic nitrogens is 2. The van der Waals surface area contributed by atoms with E-state index in [-0.39, 0.29) is 11.2 Å². The Balaban J connectivity index is 1.62. The van der Waals surface area contributed by atoms with Crippen molar-refractivity contribution in [3.63, 3.8) is 0 Å². The summed E-state index contributed by atoms with van der Waals surface area (Å²) < 4.78 is 6.82. The lowest BCUT2D eigenvalue weighted by atomic mass is 9.94. The molecule has 4 rings (SSSR count). The molecule has 0 bridgehead atoms. The zero-order valence-corrected chi connectivity index (χ0v) is 15.7. The smallest absolute Gasteiger partial charge is 0.330 e. The number of anilines is 1. The molecule has 1 aliphatic carbocycles. The first-order valence-electron chi connectivity index (χ1n) is 9.73. The van der Waals surface area contributed by atoms with Crippen LogP contribution in [0.2, 0.25) is 0 Å². The summed E-state index contributed by atoms with van der Waals surface area (Å²) in [5.74, 6) is 1.44. The van der Waals surface area contributed by atoms with Gasteiger partial charge in [-0.15, -0.1) is 0 Å². The molecule has 0 radical (unpaired) electrons. The minimum absolute atomic E-state index is 0.263. The van der Waals surface area contributed by atoms with Crippen LogP contribution in [0.25, 0.3) is 0 Å². The van der Waals surface area contributed by atoms with Gasteiger partial charge < -0.3 is 15.0 Å². The molecule has 144 valence electrons. The molecule has 27 heavy (non-hydrogen) atoms. The summed E-state index contributed by atoms with van der Waals surface area (Å²) in [5.41, 5.74) is 1.04. The number of H-pyrrole nitrogens is 1. The van der Waals surface area contributed by atoms with Crippen molar-refractivity contribution in [2.45, 2.75) is 51.2 Å². The molecule has 1 aromatic carbocycles. The van der Waals surface area contributed by atoms with E-state index in [1.165, 1.54) is 37.0 Å². The maximum Gasteiger partial charge on any atom is 0.330 e. The first kappa shape index (κ1) is 17.9. The predicted molar refractivity (Wildman–Crippen MR) is 103 cm³/mol. The van der Waals surface area contributed by atoms with Crippen LogP contribution >= 0.6 is 0 Å². The van der Waals surface area contributed by atoms with Gasteiger partial charge in [-0.05, 0) is 43.4 Å². The molecule has 1 fully saturated rings. The summed E-state index contributed by atoms with van der Waals surface area (Å²) in [5, 5.41) is 3.38. The molecule has 0 spiro atoms. The van der Waals surface area contributed by atoms with E-state index in [0.29, 0.717) is 30.5 Å². The Morgan fingerprint density at radius 3 is 2.59 bits per heavy atom. The first-order valence-corrected chi connectivity index (χ1v) is 9.73. The maximum atomic E-state index is 12.5. The van der Waals surface area contributed by atoms with E-state index in [9.17, 15) is 9.59 Å². The van der Waals surface area contributed by atoms with Crippen LogP contribution in [0.3, 0.4) is 0 Å². The maximum absolute atomic E-state index is 12.5. The summed E-state index contributed by atoms with van der Waals surface area (Å²) in [6.07, 6.45) is 6.30. The van der Waals surface area contributed by atoms with Gasteiger partial charge in [0.2, 0.25) is 0 Å². The van der Waals surface area contributed by atoms with Crippen LogP contribution in [0, 0.1) is 0 Å². The van der Waals surface area contributed by atoms with Crippen molar-refractivity contribution in [1.82, 2.24) is 9.55 Å². The number of hydrogen-bond donors (Lipinski definition) is 3. The fourth-order valence-corrected chi connectivity index (χ4v) is 4.33. The molecule has 1 aromatic heterocycles. The van der Waals surface area contributed by atoms with Gasteiger partial charge in [0, 0.05) is 0 Å². The van der Waals surface area contributed by atoms with Crippen LogP contribution in [0.4, 0.5) is 5.82 Å². The number of nitrogens with zero attached hydrogens (tertiary/aromatic N) is 1. The number of rotatable bonds is 4. The zero-order valence-electron chi connectivity index (χ0n) is 15.7. The molecule has 3 N–H and O–H groups in total. The van der Waals surface area contributed by atoms with E-state index in [0.717, 1.165) is 18.0 Å². The molecule has 1 atom stereocenters. The Morgan fingerprint density at radius 1 is 1.15 bits per heavy atom. The van der Waals surface area contributed by atoms with Crippen molar-refractivity contribution in [2.24, 2.45) is 0 Å². The summed E-state index contributed by atoms with van der Waals surface area (Å²) in [7, 11) is 1.63. The van der Waals surface area contributed by atoms with Gasteiger partial charge in [0.05, 0.1) is 19.7 Å². The van der Waals surface area contributed by atoms with Crippen LogP contribution < -0.4 is 26.2 Å². The summed E-state index contributed by atoms with van der Waals surface area (Å²) in [6, 6.07) is 8.22. The number of methoxy groups -OCH3 is 1. The van der Waals surface area contributed by atoms with E-state index in [2.05, 4.69) is 10.3 Å². The molecule has 0 saturated heterocycles. The third-order valence-corrected chi connectivity index (χ3v) is 5.86. The van der Waals surface area contributed by atoms with Gasteiger partial charge >= 0.3 is 5.69 Å². The standard InChI is InChI=1S/C20H26N4O3/c1-27-16-9-7-14(8-10-16)11-24-18-17(19(25)22-20(24)26)12-23(13-21-18)15-5-3-2-4-6-15/h7-10,15,21H,2-6,11-13H2,1H3,(H,22,25,26)/p+1. The van der Waals surface area contributed by atoms with E-state index in [1.54, 1.807) is 11.7 Å². The monoisotopic (exact) mass is 371 g/mol. The molecule has 7 nitrogen and oxygen atoms in total. The predicted octanol–water partition coefficient (Wildman–Crippen LogP) is 0.694. The Labute approximate surface area is 158 Å². The number of fused-ring (bicyclic) bond motifs is 1. The van der Waals surface area contributed by atoms with Crippen molar-refractivity contribution < 1.29 is 9.64 Å². The lowest BCUT2D eigenvalue weighted by Gasteiger charge is -2.35. The molecule has 1 aliphatic heterocycles. The normalized spacial score (nSPS) is 20.0. The van der Waals surface area contributed by atoms with Crippen LogP contribution in [0.5, 0.6) is 5.75 Å². The van der Waals surface area contributed by atoms with E-state index in [4.69, 9.17) is 4.74 Å². The lowest BCUT2D eigenvalue weighted by Crippen LogP contribution is -3.16. The summed E-state index contributed by atoms with van der Waals surface area (Å²) >= 11 is 0. The quantitative estimate of drug-likeness (QED) is 0.739. The zero-order chi connectivity index (χ0) is 18.8. The van der Waals surface area contributed by atoms with Crippen molar-refractivity contribution in [2.75, 3.05) is 19.1 Å². The Kier molecular flexibility index (Phi) is 5.03. The van der Waals surface area contributed by atoms with Crippen molar-refractivity contribution in [3.8, 4) is 5.75 Å². The Morgan fingerprint density at radius 2 is 1.89 bits per heavy atom. The molecule has 1 unspecified atom stereocenters. The second kappa shape index (κ2) is 7.60. The van der Waals surface area contributed by atoms with E-state index < -0.39 is 0 Å². The number of benzene rings is 1. The largest absolute Gasteiger partial charge is 0.497 e. The highest BCUT2D eigenvalue weighted by atomic mass is 16.5. The summed E-state index contributed by atoms with van der Waals surface area (Å²) in [6.45, 7) is 1.84. The first-order chi connectivity index (χ1) is 13.2. The number of ether oxygens (including phenoxy) is 1. The molecule has 7 heteroatoms. The van der Waals surface area contributed by atoms with E-state index in [1.807, 2.05) is 24.3 Å². The summed E-state index contributed by atoms with van der Waals surface area (Å²) in [4.78, 5) is 28.8. The Bertz CT molecular complexity index is 910. The van der Waals surface area contributed by atoms with Crippen LogP contribution in [-0.2, 0) is 13.1 Å². The molecule has 1 saturated carbocycles. The van der Waals surface area contributed by atoms with Gasteiger partial charge in [0.15, 0.2) is 6.67 Å². The second-order valence-electron chi connectivity index (χ2n) is 7.54. The van der Waals surface area contributed by atoms with E-state index >= 15 is 0 Å². The van der Waals surface area contributed by atoms with Crippen molar-refractivity contribution in [1.29, 1.82) is 0 Å². The van der Waals surface area contributed by atoms with Gasteiger partial charge in [-0.1, -0.05) is 18.6 Å². The Hall–Kier alpha value is -2.54. The topological polar surface area (TPSA) is 80.6 Å². The number of quaternary nitrogens is 1. The minimum atomic E-state index is -0.372. The third-order valence-electron chi connectivity index (χ3n) is 5.86.